The van der Waals surface area contributed by atoms with Gasteiger partial charge in [0.2, 0.25) is 0 Å². The molecule has 0 spiro atoms. The molecule has 0 aromatic heterocycles. The van der Waals surface area contributed by atoms with Crippen molar-refractivity contribution < 1.29 is 14.3 Å². The van der Waals surface area contributed by atoms with Gasteiger partial charge < -0.3 is 15.2 Å². The van der Waals surface area contributed by atoms with Crippen LogP contribution in [0.15, 0.2) is 18.2 Å². The van der Waals surface area contributed by atoms with Gasteiger partial charge in [-0.15, -0.1) is 0 Å². The van der Waals surface area contributed by atoms with Gasteiger partial charge in [0.1, 0.15) is 11.5 Å². The molecule has 1 rings (SSSR count). The second-order valence-electron chi connectivity index (χ2n) is 5.42. The van der Waals surface area contributed by atoms with E-state index >= 15 is 0 Å². The second-order valence-corrected chi connectivity index (χ2v) is 5.42. The Labute approximate surface area is 121 Å². The molecule has 0 bridgehead atoms. The number of rotatable bonds is 8. The molecule has 0 saturated heterocycles. The summed E-state index contributed by atoms with van der Waals surface area (Å²) in [6.45, 7) is 4.81. The average molecular weight is 279 g/mol. The van der Waals surface area contributed by atoms with Crippen LogP contribution in [0.5, 0.6) is 11.5 Å². The molecule has 4 nitrogen and oxygen atoms in total. The fourth-order valence-corrected chi connectivity index (χ4v) is 2.33. The van der Waals surface area contributed by atoms with E-state index < -0.39 is 0 Å². The zero-order valence-corrected chi connectivity index (χ0v) is 12.8. The van der Waals surface area contributed by atoms with Crippen molar-refractivity contribution in [2.75, 3.05) is 20.8 Å². The largest absolute Gasteiger partial charge is 0.497 e. The highest BCUT2D eigenvalue weighted by Gasteiger charge is 2.18. The van der Waals surface area contributed by atoms with Crippen molar-refractivity contribution in [3.8, 4) is 11.5 Å². The predicted octanol–water partition coefficient (Wildman–Crippen LogP) is 2.90. The van der Waals surface area contributed by atoms with E-state index in [-0.39, 0.29) is 11.7 Å². The van der Waals surface area contributed by atoms with Gasteiger partial charge in [0, 0.05) is 12.5 Å². The molecule has 0 aliphatic heterocycles. The van der Waals surface area contributed by atoms with Crippen molar-refractivity contribution in [3.05, 3.63) is 23.8 Å². The molecule has 1 atom stereocenters. The average Bonchev–Trinajstić information content (AvgIpc) is 2.45. The molecule has 20 heavy (non-hydrogen) atoms. The Morgan fingerprint density at radius 3 is 2.45 bits per heavy atom. The van der Waals surface area contributed by atoms with Gasteiger partial charge in [-0.05, 0) is 36.9 Å². The van der Waals surface area contributed by atoms with Crippen LogP contribution in [0.3, 0.4) is 0 Å². The third kappa shape index (κ3) is 4.53. The van der Waals surface area contributed by atoms with Crippen molar-refractivity contribution in [2.45, 2.75) is 26.7 Å². The van der Waals surface area contributed by atoms with Crippen LogP contribution in [-0.4, -0.2) is 26.5 Å². The molecular weight excluding hydrogens is 254 g/mol. The van der Waals surface area contributed by atoms with Gasteiger partial charge >= 0.3 is 0 Å². The quantitative estimate of drug-likeness (QED) is 0.743. The number of Topliss-reactive ketones (excluding diaryl/α,β-unsaturated/α-hetero) is 1. The number of carbonyl (C=O) groups is 1. The first kappa shape index (κ1) is 16.5. The number of ketones is 1. The summed E-state index contributed by atoms with van der Waals surface area (Å²) in [4.78, 5) is 12.4. The second kappa shape index (κ2) is 7.90. The van der Waals surface area contributed by atoms with Crippen molar-refractivity contribution in [1.29, 1.82) is 0 Å². The Balaban J connectivity index is 2.85. The summed E-state index contributed by atoms with van der Waals surface area (Å²) in [5.41, 5.74) is 6.35. The molecule has 0 aliphatic rings. The van der Waals surface area contributed by atoms with E-state index in [1.807, 2.05) is 0 Å². The number of benzene rings is 1. The SMILES string of the molecule is COc1ccc(C(=O)CC(CN)CC(C)C)c(OC)c1. The number of nitrogens with two attached hydrogens (primary N) is 1. The van der Waals surface area contributed by atoms with Crippen LogP contribution in [0.1, 0.15) is 37.0 Å². The summed E-state index contributed by atoms with van der Waals surface area (Å²) >= 11 is 0. The maximum atomic E-state index is 12.4. The van der Waals surface area contributed by atoms with Gasteiger partial charge in [0.25, 0.3) is 0 Å². The van der Waals surface area contributed by atoms with E-state index in [4.69, 9.17) is 15.2 Å². The van der Waals surface area contributed by atoms with Crippen LogP contribution in [0.2, 0.25) is 0 Å². The highest BCUT2D eigenvalue weighted by Crippen LogP contribution is 2.27. The number of carbonyl (C=O) groups excluding carboxylic acids is 1. The molecule has 0 amide bonds. The van der Waals surface area contributed by atoms with E-state index in [0.717, 1.165) is 6.42 Å². The first-order valence-corrected chi connectivity index (χ1v) is 6.97. The standard InChI is InChI=1S/C16H25NO3/c1-11(2)7-12(10-17)8-15(18)14-6-5-13(19-3)9-16(14)20-4/h5-6,9,11-12H,7-8,10,17H2,1-4H3. The summed E-state index contributed by atoms with van der Waals surface area (Å²) in [5, 5.41) is 0. The molecule has 0 heterocycles. The summed E-state index contributed by atoms with van der Waals surface area (Å²) in [6, 6.07) is 5.26. The molecule has 1 aromatic rings. The minimum absolute atomic E-state index is 0.0700. The van der Waals surface area contributed by atoms with E-state index in [1.165, 1.54) is 0 Å². The molecule has 0 radical (unpaired) electrons. The van der Waals surface area contributed by atoms with Crippen LogP contribution in [-0.2, 0) is 0 Å². The molecule has 112 valence electrons. The number of methoxy groups -OCH3 is 2. The topological polar surface area (TPSA) is 61.5 Å². The smallest absolute Gasteiger partial charge is 0.166 e. The van der Waals surface area contributed by atoms with Gasteiger partial charge in [-0.3, -0.25) is 4.79 Å². The summed E-state index contributed by atoms with van der Waals surface area (Å²) in [7, 11) is 3.14. The zero-order chi connectivity index (χ0) is 15.1. The Morgan fingerprint density at radius 1 is 1.25 bits per heavy atom. The number of hydrogen-bond acceptors (Lipinski definition) is 4. The van der Waals surface area contributed by atoms with Crippen LogP contribution in [0, 0.1) is 11.8 Å². The maximum Gasteiger partial charge on any atom is 0.166 e. The summed E-state index contributed by atoms with van der Waals surface area (Å²) in [6.07, 6.45) is 1.41. The van der Waals surface area contributed by atoms with E-state index in [1.54, 1.807) is 32.4 Å². The van der Waals surface area contributed by atoms with Crippen molar-refractivity contribution >= 4 is 5.78 Å². The fraction of sp³-hybridized carbons (Fsp3) is 0.562. The Hall–Kier alpha value is -1.55. The first-order valence-electron chi connectivity index (χ1n) is 6.97. The van der Waals surface area contributed by atoms with Crippen molar-refractivity contribution in [1.82, 2.24) is 0 Å². The normalized spacial score (nSPS) is 12.3. The van der Waals surface area contributed by atoms with Crippen LogP contribution in [0.4, 0.5) is 0 Å². The van der Waals surface area contributed by atoms with Crippen LogP contribution >= 0.6 is 0 Å². The molecule has 2 N–H and O–H groups in total. The molecule has 1 unspecified atom stereocenters. The lowest BCUT2D eigenvalue weighted by Crippen LogP contribution is -2.20. The van der Waals surface area contributed by atoms with Crippen LogP contribution < -0.4 is 15.2 Å². The minimum Gasteiger partial charge on any atom is -0.497 e. The van der Waals surface area contributed by atoms with Gasteiger partial charge in [-0.1, -0.05) is 13.8 Å². The van der Waals surface area contributed by atoms with E-state index in [0.29, 0.717) is 35.9 Å². The van der Waals surface area contributed by atoms with E-state index in [2.05, 4.69) is 13.8 Å². The molecule has 0 saturated carbocycles. The highest BCUT2D eigenvalue weighted by atomic mass is 16.5. The Kier molecular flexibility index (Phi) is 6.52. The third-order valence-electron chi connectivity index (χ3n) is 3.32. The minimum atomic E-state index is 0.0700. The molecule has 4 heteroatoms. The van der Waals surface area contributed by atoms with Crippen molar-refractivity contribution in [3.63, 3.8) is 0 Å². The lowest BCUT2D eigenvalue weighted by molar-refractivity contribution is 0.0954. The van der Waals surface area contributed by atoms with E-state index in [9.17, 15) is 4.79 Å². The van der Waals surface area contributed by atoms with Crippen LogP contribution in [0.25, 0.3) is 0 Å². The Bertz CT molecular complexity index is 443. The predicted molar refractivity (Wildman–Crippen MR) is 80.5 cm³/mol. The third-order valence-corrected chi connectivity index (χ3v) is 3.32. The number of ether oxygens (including phenoxy) is 2. The van der Waals surface area contributed by atoms with Crippen molar-refractivity contribution in [2.24, 2.45) is 17.6 Å². The zero-order valence-electron chi connectivity index (χ0n) is 12.8. The molecule has 0 fully saturated rings. The van der Waals surface area contributed by atoms with Gasteiger partial charge in [-0.25, -0.2) is 0 Å². The highest BCUT2D eigenvalue weighted by molar-refractivity contribution is 5.99. The van der Waals surface area contributed by atoms with Gasteiger partial charge in [0.05, 0.1) is 19.8 Å². The molecule has 1 aromatic carbocycles. The lowest BCUT2D eigenvalue weighted by atomic mass is 9.90. The molecular formula is C16H25NO3. The first-order chi connectivity index (χ1) is 9.51. The van der Waals surface area contributed by atoms with Gasteiger partial charge in [-0.2, -0.15) is 0 Å². The number of hydrogen-bond donors (Lipinski definition) is 1. The summed E-state index contributed by atoms with van der Waals surface area (Å²) in [5.74, 6) is 2.05. The van der Waals surface area contributed by atoms with Gasteiger partial charge in [0.15, 0.2) is 5.78 Å². The Morgan fingerprint density at radius 2 is 1.95 bits per heavy atom. The fourth-order valence-electron chi connectivity index (χ4n) is 2.33. The molecule has 0 aliphatic carbocycles. The maximum absolute atomic E-state index is 12.4. The lowest BCUT2D eigenvalue weighted by Gasteiger charge is -2.17. The monoisotopic (exact) mass is 279 g/mol. The summed E-state index contributed by atoms with van der Waals surface area (Å²) < 4.78 is 10.4.